The van der Waals surface area contributed by atoms with Crippen LogP contribution in [0.3, 0.4) is 0 Å². The Bertz CT molecular complexity index is 621. The van der Waals surface area contributed by atoms with Crippen LogP contribution in [0.15, 0.2) is 42.5 Å². The van der Waals surface area contributed by atoms with E-state index in [1.165, 1.54) is 5.56 Å². The lowest BCUT2D eigenvalue weighted by Crippen LogP contribution is -2.17. The number of nitrogens with two attached hydrogens (primary N) is 1. The van der Waals surface area contributed by atoms with Crippen molar-refractivity contribution in [1.29, 1.82) is 0 Å². The number of hydrogen-bond donors (Lipinski definition) is 2. The number of carbonyl (C=O) groups excluding carboxylic acids is 1. The van der Waals surface area contributed by atoms with Crippen LogP contribution in [0.4, 0.5) is 5.69 Å². The zero-order chi connectivity index (χ0) is 15.2. The van der Waals surface area contributed by atoms with E-state index in [1.54, 1.807) is 25.2 Å². The molecule has 2 aromatic carbocycles. The fourth-order valence-electron chi connectivity index (χ4n) is 2.05. The predicted octanol–water partition coefficient (Wildman–Crippen LogP) is 3.37. The Morgan fingerprint density at radius 2 is 1.90 bits per heavy atom. The fraction of sp³-hybridized carbons (Fsp3) is 0.235. The van der Waals surface area contributed by atoms with Crippen LogP contribution < -0.4 is 15.8 Å². The maximum atomic E-state index is 11.6. The van der Waals surface area contributed by atoms with Crippen molar-refractivity contribution in [2.75, 3.05) is 12.8 Å². The number of amides is 1. The van der Waals surface area contributed by atoms with Crippen LogP contribution in [0.1, 0.15) is 29.3 Å². The van der Waals surface area contributed by atoms with E-state index in [4.69, 9.17) is 10.5 Å². The first-order valence-electron chi connectivity index (χ1n) is 7.02. The van der Waals surface area contributed by atoms with Crippen molar-refractivity contribution in [1.82, 2.24) is 5.32 Å². The van der Waals surface area contributed by atoms with Gasteiger partial charge in [-0.25, -0.2) is 0 Å². The van der Waals surface area contributed by atoms with Gasteiger partial charge in [0.1, 0.15) is 5.75 Å². The molecule has 2 rings (SSSR count). The molecule has 4 nitrogen and oxygen atoms in total. The first kappa shape index (κ1) is 14.9. The average Bonchev–Trinajstić information content (AvgIpc) is 2.51. The molecule has 0 fully saturated rings. The summed E-state index contributed by atoms with van der Waals surface area (Å²) in [6.07, 6.45) is 2.16. The predicted molar refractivity (Wildman–Crippen MR) is 84.8 cm³/mol. The number of ether oxygens (including phenoxy) is 1. The molecule has 0 radical (unpaired) electrons. The number of anilines is 1. The molecule has 0 bridgehead atoms. The van der Waals surface area contributed by atoms with Gasteiger partial charge < -0.3 is 15.8 Å². The van der Waals surface area contributed by atoms with Gasteiger partial charge in [-0.15, -0.1) is 0 Å². The monoisotopic (exact) mass is 284 g/mol. The summed E-state index contributed by atoms with van der Waals surface area (Å²) in [4.78, 5) is 11.6. The maximum Gasteiger partial charge on any atom is 0.251 e. The number of nitrogens with one attached hydrogen (secondary N) is 1. The topological polar surface area (TPSA) is 64.3 Å². The van der Waals surface area contributed by atoms with Crippen LogP contribution in [-0.2, 0) is 6.42 Å². The first-order valence-corrected chi connectivity index (χ1v) is 7.02. The second-order valence-corrected chi connectivity index (χ2v) is 4.83. The van der Waals surface area contributed by atoms with Gasteiger partial charge in [-0.2, -0.15) is 0 Å². The lowest BCUT2D eigenvalue weighted by molar-refractivity contribution is 0.0963. The Morgan fingerprint density at radius 1 is 1.19 bits per heavy atom. The Morgan fingerprint density at radius 3 is 2.52 bits per heavy atom. The Kier molecular flexibility index (Phi) is 4.82. The zero-order valence-electron chi connectivity index (χ0n) is 12.3. The van der Waals surface area contributed by atoms with E-state index in [0.717, 1.165) is 12.8 Å². The maximum absolute atomic E-state index is 11.6. The van der Waals surface area contributed by atoms with E-state index in [-0.39, 0.29) is 5.91 Å². The van der Waals surface area contributed by atoms with Gasteiger partial charge in [-0.05, 0) is 42.3 Å². The van der Waals surface area contributed by atoms with Gasteiger partial charge in [0, 0.05) is 12.6 Å². The molecule has 0 aliphatic rings. The molecule has 3 N–H and O–H groups in total. The number of benzene rings is 2. The standard InChI is InChI=1S/C17H20N2O2/c1-3-4-12-5-8-14(9-6-12)21-16-11-13(17(20)19-2)7-10-15(16)18/h5-11H,3-4,18H2,1-2H3,(H,19,20). The molecule has 0 aliphatic carbocycles. The van der Waals surface area contributed by atoms with Crippen molar-refractivity contribution in [3.05, 3.63) is 53.6 Å². The summed E-state index contributed by atoms with van der Waals surface area (Å²) in [6.45, 7) is 2.15. The van der Waals surface area contributed by atoms with E-state index >= 15 is 0 Å². The van der Waals surface area contributed by atoms with Crippen LogP contribution in [0.25, 0.3) is 0 Å². The molecule has 110 valence electrons. The van der Waals surface area contributed by atoms with Crippen LogP contribution >= 0.6 is 0 Å². The summed E-state index contributed by atoms with van der Waals surface area (Å²) in [6, 6.07) is 12.9. The average molecular weight is 284 g/mol. The van der Waals surface area contributed by atoms with E-state index in [1.807, 2.05) is 24.3 Å². The molecule has 0 atom stereocenters. The molecule has 0 aromatic heterocycles. The second kappa shape index (κ2) is 6.79. The molecular weight excluding hydrogens is 264 g/mol. The van der Waals surface area contributed by atoms with Gasteiger partial charge >= 0.3 is 0 Å². The molecule has 1 amide bonds. The summed E-state index contributed by atoms with van der Waals surface area (Å²) in [7, 11) is 1.59. The van der Waals surface area contributed by atoms with Crippen molar-refractivity contribution in [2.45, 2.75) is 19.8 Å². The summed E-state index contributed by atoms with van der Waals surface area (Å²) in [5, 5.41) is 2.58. The van der Waals surface area contributed by atoms with Crippen molar-refractivity contribution < 1.29 is 9.53 Å². The molecule has 21 heavy (non-hydrogen) atoms. The van der Waals surface area contributed by atoms with Gasteiger partial charge in [0.05, 0.1) is 5.69 Å². The molecule has 2 aromatic rings. The molecule has 0 saturated carbocycles. The molecule has 0 spiro atoms. The van der Waals surface area contributed by atoms with Crippen molar-refractivity contribution in [3.8, 4) is 11.5 Å². The molecule has 0 saturated heterocycles. The Balaban J connectivity index is 2.20. The van der Waals surface area contributed by atoms with Crippen LogP contribution in [0.5, 0.6) is 11.5 Å². The highest BCUT2D eigenvalue weighted by Gasteiger charge is 2.08. The Hall–Kier alpha value is -2.49. The van der Waals surface area contributed by atoms with Crippen molar-refractivity contribution in [3.63, 3.8) is 0 Å². The highest BCUT2D eigenvalue weighted by molar-refractivity contribution is 5.95. The van der Waals surface area contributed by atoms with E-state index in [0.29, 0.717) is 22.7 Å². The minimum absolute atomic E-state index is 0.168. The second-order valence-electron chi connectivity index (χ2n) is 4.83. The van der Waals surface area contributed by atoms with Crippen LogP contribution in [-0.4, -0.2) is 13.0 Å². The molecule has 0 heterocycles. The van der Waals surface area contributed by atoms with Gasteiger partial charge in [-0.3, -0.25) is 4.79 Å². The third kappa shape index (κ3) is 3.75. The Labute approximate surface area is 124 Å². The van der Waals surface area contributed by atoms with Gasteiger partial charge in [0.2, 0.25) is 0 Å². The van der Waals surface area contributed by atoms with E-state index in [9.17, 15) is 4.79 Å². The number of aryl methyl sites for hydroxylation is 1. The minimum Gasteiger partial charge on any atom is -0.455 e. The fourth-order valence-corrected chi connectivity index (χ4v) is 2.05. The number of rotatable bonds is 5. The van der Waals surface area contributed by atoms with Gasteiger partial charge in [-0.1, -0.05) is 25.5 Å². The summed E-state index contributed by atoms with van der Waals surface area (Å²) in [5.74, 6) is 1.02. The van der Waals surface area contributed by atoms with Gasteiger partial charge in [0.15, 0.2) is 5.75 Å². The largest absolute Gasteiger partial charge is 0.455 e. The van der Waals surface area contributed by atoms with Gasteiger partial charge in [0.25, 0.3) is 5.91 Å². The SMILES string of the molecule is CCCc1ccc(Oc2cc(C(=O)NC)ccc2N)cc1. The van der Waals surface area contributed by atoms with Crippen LogP contribution in [0, 0.1) is 0 Å². The minimum atomic E-state index is -0.168. The van der Waals surface area contributed by atoms with E-state index < -0.39 is 0 Å². The summed E-state index contributed by atoms with van der Waals surface area (Å²) < 4.78 is 5.77. The molecular formula is C17H20N2O2. The molecule has 0 aliphatic heterocycles. The highest BCUT2D eigenvalue weighted by Crippen LogP contribution is 2.28. The number of carbonyl (C=O) groups is 1. The first-order chi connectivity index (χ1) is 10.1. The molecule has 4 heteroatoms. The highest BCUT2D eigenvalue weighted by atomic mass is 16.5. The summed E-state index contributed by atoms with van der Waals surface area (Å²) >= 11 is 0. The summed E-state index contributed by atoms with van der Waals surface area (Å²) in [5.41, 5.74) is 8.19. The van der Waals surface area contributed by atoms with Crippen LogP contribution in [0.2, 0.25) is 0 Å². The van der Waals surface area contributed by atoms with Crippen molar-refractivity contribution in [2.24, 2.45) is 0 Å². The van der Waals surface area contributed by atoms with Crippen molar-refractivity contribution >= 4 is 11.6 Å². The number of nitrogen functional groups attached to an aromatic ring is 1. The quantitative estimate of drug-likeness (QED) is 0.827. The number of hydrogen-bond acceptors (Lipinski definition) is 3. The third-order valence-electron chi connectivity index (χ3n) is 3.19. The lowest BCUT2D eigenvalue weighted by atomic mass is 10.1. The zero-order valence-corrected chi connectivity index (χ0v) is 12.3. The normalized spacial score (nSPS) is 10.2. The lowest BCUT2D eigenvalue weighted by Gasteiger charge is -2.10. The van der Waals surface area contributed by atoms with E-state index in [2.05, 4.69) is 12.2 Å². The molecule has 0 unspecified atom stereocenters. The smallest absolute Gasteiger partial charge is 0.251 e. The third-order valence-corrected chi connectivity index (χ3v) is 3.19.